The van der Waals surface area contributed by atoms with Gasteiger partial charge < -0.3 is 34.9 Å². The molecule has 0 aliphatic carbocycles. The van der Waals surface area contributed by atoms with Gasteiger partial charge in [-0.25, -0.2) is 14.8 Å². The second-order valence-electron chi connectivity index (χ2n) is 11.0. The highest BCUT2D eigenvalue weighted by atomic mass is 16.5. The van der Waals surface area contributed by atoms with Crippen molar-refractivity contribution in [3.8, 4) is 5.75 Å². The summed E-state index contributed by atoms with van der Waals surface area (Å²) in [4.78, 5) is 36.2. The Morgan fingerprint density at radius 1 is 1.19 bits per heavy atom. The molecule has 1 saturated heterocycles. The van der Waals surface area contributed by atoms with Gasteiger partial charge in [0, 0.05) is 56.6 Å². The predicted octanol–water partition coefficient (Wildman–Crippen LogP) is 3.05. The Balaban J connectivity index is 1.06. The molecule has 2 amide bonds. The van der Waals surface area contributed by atoms with Gasteiger partial charge in [0.05, 0.1) is 11.8 Å². The van der Waals surface area contributed by atoms with Gasteiger partial charge in [-0.3, -0.25) is 9.69 Å². The molecule has 0 radical (unpaired) electrons. The van der Waals surface area contributed by atoms with Crippen LogP contribution in [0.5, 0.6) is 5.75 Å². The predicted molar refractivity (Wildman–Crippen MR) is 154 cm³/mol. The van der Waals surface area contributed by atoms with E-state index < -0.39 is 12.2 Å². The quantitative estimate of drug-likeness (QED) is 0.282. The summed E-state index contributed by atoms with van der Waals surface area (Å²) in [6.07, 6.45) is 3.54. The molecule has 1 fully saturated rings. The zero-order chi connectivity index (χ0) is 29.6. The van der Waals surface area contributed by atoms with Crippen LogP contribution in [0.2, 0.25) is 0 Å². The largest absolute Gasteiger partial charge is 0.486 e. The highest BCUT2D eigenvalue weighted by Crippen LogP contribution is 2.25. The Morgan fingerprint density at radius 3 is 2.81 bits per heavy atom. The van der Waals surface area contributed by atoms with Gasteiger partial charge in [-0.2, -0.15) is 0 Å². The van der Waals surface area contributed by atoms with Crippen molar-refractivity contribution in [2.24, 2.45) is 0 Å². The first-order valence-electron chi connectivity index (χ1n) is 14.3. The van der Waals surface area contributed by atoms with Crippen molar-refractivity contribution in [1.29, 1.82) is 0 Å². The number of hydrogen-bond acceptors (Lipinski definition) is 9. The number of likely N-dealkylation sites (tertiary alicyclic amines) is 1. The molecule has 42 heavy (non-hydrogen) atoms. The molecule has 2 aliphatic heterocycles. The number of carbonyl (C=O) groups is 2. The van der Waals surface area contributed by atoms with Crippen LogP contribution in [0.1, 0.15) is 52.7 Å². The van der Waals surface area contributed by atoms with Crippen molar-refractivity contribution in [3.63, 3.8) is 0 Å². The van der Waals surface area contributed by atoms with Crippen LogP contribution < -0.4 is 15.4 Å². The zero-order valence-electron chi connectivity index (χ0n) is 24.0. The van der Waals surface area contributed by atoms with Gasteiger partial charge in [-0.1, -0.05) is 6.07 Å². The maximum absolute atomic E-state index is 12.8. The van der Waals surface area contributed by atoms with Crippen LogP contribution in [-0.4, -0.2) is 86.3 Å². The number of amides is 2. The summed E-state index contributed by atoms with van der Waals surface area (Å²) < 4.78 is 11.2. The van der Waals surface area contributed by atoms with Crippen LogP contribution in [0.4, 0.5) is 10.6 Å². The molecule has 0 spiro atoms. The number of aliphatic hydroxyl groups excluding tert-OH is 1. The van der Waals surface area contributed by atoms with Crippen LogP contribution in [0.3, 0.4) is 0 Å². The number of ether oxygens (including phenoxy) is 1. The van der Waals surface area contributed by atoms with Crippen LogP contribution in [-0.2, 0) is 19.6 Å². The fraction of sp³-hybridized carbons (Fsp3) is 0.467. The van der Waals surface area contributed by atoms with Gasteiger partial charge in [-0.05, 0) is 68.5 Å². The van der Waals surface area contributed by atoms with E-state index in [1.807, 2.05) is 19.9 Å². The van der Waals surface area contributed by atoms with E-state index in [1.165, 1.54) is 22.4 Å². The first-order chi connectivity index (χ1) is 20.2. The lowest BCUT2D eigenvalue weighted by Gasteiger charge is -2.36. The lowest BCUT2D eigenvalue weighted by atomic mass is 9.98. The van der Waals surface area contributed by atoms with E-state index in [4.69, 9.17) is 9.15 Å². The van der Waals surface area contributed by atoms with Crippen LogP contribution in [0, 0.1) is 6.92 Å². The molecule has 224 valence electrons. The summed E-state index contributed by atoms with van der Waals surface area (Å²) in [6.45, 7) is 6.65. The third-order valence-electron chi connectivity index (χ3n) is 7.95. The number of nitrogens with zero attached hydrogens (tertiary/aromatic N) is 4. The zero-order valence-corrected chi connectivity index (χ0v) is 24.0. The smallest absolute Gasteiger partial charge is 0.407 e. The van der Waals surface area contributed by atoms with Gasteiger partial charge >= 0.3 is 6.09 Å². The number of aromatic nitrogens is 2. The van der Waals surface area contributed by atoms with Gasteiger partial charge in [0.25, 0.3) is 5.91 Å². The summed E-state index contributed by atoms with van der Waals surface area (Å²) >= 11 is 0. The molecule has 2 aromatic heterocycles. The molecule has 3 atom stereocenters. The van der Waals surface area contributed by atoms with Crippen LogP contribution in [0.15, 0.2) is 47.3 Å². The number of carbonyl (C=O) groups excluding carboxylic acids is 1. The number of piperidine rings is 1. The normalized spacial score (nSPS) is 19.5. The highest BCUT2D eigenvalue weighted by molar-refractivity contribution is 5.94. The number of hydrogen-bond donors (Lipinski definition) is 4. The molecule has 0 unspecified atom stereocenters. The first-order valence-corrected chi connectivity index (χ1v) is 14.3. The number of carboxylic acid groups (broad SMARTS) is 1. The molecular formula is C30H38N6O6. The number of fused-ring (bicyclic) bond motifs is 1. The third kappa shape index (κ3) is 7.37. The maximum Gasteiger partial charge on any atom is 0.407 e. The summed E-state index contributed by atoms with van der Waals surface area (Å²) in [5.74, 6) is 1.78. The maximum atomic E-state index is 12.8. The minimum absolute atomic E-state index is 0.0700. The first kappa shape index (κ1) is 29.3. The van der Waals surface area contributed by atoms with Crippen LogP contribution in [0.25, 0.3) is 0 Å². The second-order valence-corrected chi connectivity index (χ2v) is 11.0. The fourth-order valence-electron chi connectivity index (χ4n) is 5.57. The molecule has 3 aromatic rings. The number of oxazole rings is 1. The van der Waals surface area contributed by atoms with Crippen molar-refractivity contribution in [3.05, 3.63) is 71.1 Å². The fourth-order valence-corrected chi connectivity index (χ4v) is 5.57. The number of anilines is 1. The van der Waals surface area contributed by atoms with Crippen molar-refractivity contribution >= 4 is 17.8 Å². The highest BCUT2D eigenvalue weighted by Gasteiger charge is 2.28. The summed E-state index contributed by atoms with van der Waals surface area (Å²) in [5, 5.41) is 26.1. The van der Waals surface area contributed by atoms with E-state index >= 15 is 0 Å². The van der Waals surface area contributed by atoms with E-state index in [9.17, 15) is 19.8 Å². The summed E-state index contributed by atoms with van der Waals surface area (Å²) in [5.41, 5.74) is 3.69. The van der Waals surface area contributed by atoms with Gasteiger partial charge in [-0.15, -0.1) is 0 Å². The Kier molecular flexibility index (Phi) is 9.23. The summed E-state index contributed by atoms with van der Waals surface area (Å²) in [6, 6.07) is 9.36. The average Bonchev–Trinajstić information content (AvgIpc) is 3.39. The van der Waals surface area contributed by atoms with E-state index in [2.05, 4.69) is 37.6 Å². The van der Waals surface area contributed by atoms with Crippen molar-refractivity contribution < 1.29 is 29.0 Å². The number of rotatable bonds is 10. The molecular weight excluding hydrogens is 540 g/mol. The Hall–Kier alpha value is -4.16. The topological polar surface area (TPSA) is 153 Å². The molecule has 12 nitrogen and oxygen atoms in total. The van der Waals surface area contributed by atoms with E-state index in [0.29, 0.717) is 56.2 Å². The SMILES string of the molecule is Cc1ncoc1COc1ccc2c(c1)CCN(C[C@@H](O)CNC(=O)c1ccnc(N[C@H]3CCN(C(=O)O)[C@H](C)C3)c1)C2. The Labute approximate surface area is 244 Å². The number of nitrogens with one attached hydrogen (secondary N) is 2. The van der Waals surface area contributed by atoms with Crippen molar-refractivity contribution in [2.45, 2.75) is 64.4 Å². The number of β-amino-alcohol motifs (C(OH)–C–C–N with tert-alkyl or cyclic N) is 1. The monoisotopic (exact) mass is 578 g/mol. The molecule has 2 aliphatic rings. The van der Waals surface area contributed by atoms with E-state index in [1.54, 1.807) is 18.3 Å². The number of aliphatic hydroxyl groups is 1. The molecule has 12 heteroatoms. The van der Waals surface area contributed by atoms with Gasteiger partial charge in [0.2, 0.25) is 0 Å². The standard InChI is InChI=1S/C30H38N6O6/c1-19-11-24(7-10-36(19)30(39)40)34-28-13-22(5-8-31-28)29(38)32-14-25(37)16-35-9-6-21-12-26(4-3-23(21)15-35)41-17-27-20(2)33-18-42-27/h3-5,8,12-13,18-19,24-25,37H,6-7,9-11,14-17H2,1-2H3,(H,31,34)(H,32,38)(H,39,40)/t19-,24+,25+/m1/s1. The molecule has 4 N–H and O–H groups in total. The lowest BCUT2D eigenvalue weighted by molar-refractivity contribution is 0.0841. The van der Waals surface area contributed by atoms with E-state index in [-0.39, 0.29) is 24.5 Å². The number of aryl methyl sites for hydroxylation is 1. The molecule has 5 rings (SSSR count). The molecule has 0 bridgehead atoms. The van der Waals surface area contributed by atoms with Crippen molar-refractivity contribution in [1.82, 2.24) is 25.1 Å². The molecule has 1 aromatic carbocycles. The van der Waals surface area contributed by atoms with Gasteiger partial charge in [0.1, 0.15) is 18.2 Å². The van der Waals surface area contributed by atoms with Crippen LogP contribution >= 0.6 is 0 Å². The average molecular weight is 579 g/mol. The third-order valence-corrected chi connectivity index (χ3v) is 7.95. The van der Waals surface area contributed by atoms with E-state index in [0.717, 1.165) is 24.4 Å². The Morgan fingerprint density at radius 2 is 2.05 bits per heavy atom. The number of benzene rings is 1. The van der Waals surface area contributed by atoms with Crippen molar-refractivity contribution in [2.75, 3.05) is 31.5 Å². The molecule has 4 heterocycles. The minimum atomic E-state index is -0.903. The second kappa shape index (κ2) is 13.2. The minimum Gasteiger partial charge on any atom is -0.486 e. The number of pyridine rings is 1. The van der Waals surface area contributed by atoms with Gasteiger partial charge in [0.15, 0.2) is 12.2 Å². The summed E-state index contributed by atoms with van der Waals surface area (Å²) in [7, 11) is 0. The lowest BCUT2D eigenvalue weighted by Crippen LogP contribution is -2.47. The molecule has 0 saturated carbocycles. The Bertz CT molecular complexity index is 1400.